The zero-order valence-electron chi connectivity index (χ0n) is 8.69. The summed E-state index contributed by atoms with van der Waals surface area (Å²) in [6, 6.07) is 0. The number of rotatable bonds is 8. The molecule has 0 aliphatic rings. The minimum atomic E-state index is -1.02. The fraction of sp³-hybridized carbons (Fsp3) is 1.00. The number of hydrogen-bond donors (Lipinski definition) is 4. The van der Waals surface area contributed by atoms with Crippen LogP contribution in [0.3, 0.4) is 0 Å². The summed E-state index contributed by atoms with van der Waals surface area (Å²) in [6.07, 6.45) is 0.835. The van der Waals surface area contributed by atoms with Gasteiger partial charge in [-0.2, -0.15) is 0 Å². The van der Waals surface area contributed by atoms with Crippen molar-refractivity contribution in [1.82, 2.24) is 4.90 Å². The van der Waals surface area contributed by atoms with Crippen molar-refractivity contribution < 1.29 is 20.4 Å². The molecule has 5 nitrogen and oxygen atoms in total. The van der Waals surface area contributed by atoms with Gasteiger partial charge in [0.25, 0.3) is 0 Å². The Morgan fingerprint density at radius 1 is 0.929 bits per heavy atom. The van der Waals surface area contributed by atoms with Gasteiger partial charge in [0.15, 0.2) is 0 Å². The topological polar surface area (TPSA) is 84.2 Å². The van der Waals surface area contributed by atoms with E-state index in [1.807, 2.05) is 6.92 Å². The van der Waals surface area contributed by atoms with Gasteiger partial charge in [0.2, 0.25) is 0 Å². The van der Waals surface area contributed by atoms with E-state index < -0.39 is 5.54 Å². The second-order valence-electron chi connectivity index (χ2n) is 3.41. The van der Waals surface area contributed by atoms with E-state index in [0.29, 0.717) is 13.1 Å². The van der Waals surface area contributed by atoms with Crippen LogP contribution < -0.4 is 0 Å². The zero-order chi connectivity index (χ0) is 11.0. The fourth-order valence-electron chi connectivity index (χ4n) is 1.43. The Morgan fingerprint density at radius 2 is 1.43 bits per heavy atom. The predicted molar refractivity (Wildman–Crippen MR) is 52.9 cm³/mol. The predicted octanol–water partition coefficient (Wildman–Crippen LogP) is -1.59. The molecule has 5 heteroatoms. The molecule has 86 valence electrons. The SMILES string of the molecule is CCCN(CCO)C(CO)(CO)CO. The van der Waals surface area contributed by atoms with Crippen molar-refractivity contribution in [3.8, 4) is 0 Å². The Balaban J connectivity index is 4.52. The van der Waals surface area contributed by atoms with Crippen LogP contribution in [-0.2, 0) is 0 Å². The number of aliphatic hydroxyl groups is 4. The smallest absolute Gasteiger partial charge is 0.0907 e. The number of aliphatic hydroxyl groups excluding tert-OH is 4. The third kappa shape index (κ3) is 3.18. The average molecular weight is 207 g/mol. The molecular weight excluding hydrogens is 186 g/mol. The van der Waals surface area contributed by atoms with Gasteiger partial charge in [-0.05, 0) is 13.0 Å². The van der Waals surface area contributed by atoms with E-state index in [0.717, 1.165) is 6.42 Å². The maximum atomic E-state index is 9.16. The lowest BCUT2D eigenvalue weighted by atomic mass is 10.0. The number of hydrogen-bond acceptors (Lipinski definition) is 5. The van der Waals surface area contributed by atoms with Gasteiger partial charge in [-0.15, -0.1) is 0 Å². The molecule has 0 aromatic rings. The summed E-state index contributed by atoms with van der Waals surface area (Å²) < 4.78 is 0. The normalized spacial score (nSPS) is 12.4. The molecule has 0 aromatic heterocycles. The third-order valence-corrected chi connectivity index (χ3v) is 2.42. The van der Waals surface area contributed by atoms with Gasteiger partial charge in [0, 0.05) is 6.54 Å². The molecule has 0 aliphatic carbocycles. The van der Waals surface area contributed by atoms with Crippen LogP contribution in [-0.4, -0.2) is 70.4 Å². The van der Waals surface area contributed by atoms with E-state index in [4.69, 9.17) is 20.4 Å². The first-order valence-electron chi connectivity index (χ1n) is 4.89. The van der Waals surface area contributed by atoms with Gasteiger partial charge in [-0.3, -0.25) is 4.90 Å². The molecule has 4 N–H and O–H groups in total. The molecule has 0 saturated heterocycles. The van der Waals surface area contributed by atoms with E-state index in [1.54, 1.807) is 4.90 Å². The quantitative estimate of drug-likeness (QED) is 0.385. The van der Waals surface area contributed by atoms with Gasteiger partial charge >= 0.3 is 0 Å². The molecule has 0 bridgehead atoms. The van der Waals surface area contributed by atoms with E-state index in [1.165, 1.54) is 0 Å². The van der Waals surface area contributed by atoms with Crippen LogP contribution >= 0.6 is 0 Å². The molecule has 0 atom stereocenters. The first-order chi connectivity index (χ1) is 6.70. The molecule has 0 fully saturated rings. The summed E-state index contributed by atoms with van der Waals surface area (Å²) in [5.74, 6) is 0. The maximum Gasteiger partial charge on any atom is 0.0907 e. The fourth-order valence-corrected chi connectivity index (χ4v) is 1.43. The van der Waals surface area contributed by atoms with Crippen molar-refractivity contribution in [3.63, 3.8) is 0 Å². The summed E-state index contributed by atoms with van der Waals surface area (Å²) in [6.45, 7) is 1.92. The van der Waals surface area contributed by atoms with E-state index in [9.17, 15) is 0 Å². The summed E-state index contributed by atoms with van der Waals surface area (Å²) in [5, 5.41) is 36.3. The lowest BCUT2D eigenvalue weighted by Crippen LogP contribution is -2.58. The van der Waals surface area contributed by atoms with Crippen LogP contribution in [0.1, 0.15) is 13.3 Å². The number of β-amino-alcohol motifs (C(OH)–C–C–N with tert-alkyl or cyclic N) is 1. The highest BCUT2D eigenvalue weighted by atomic mass is 16.3. The van der Waals surface area contributed by atoms with Crippen molar-refractivity contribution in [1.29, 1.82) is 0 Å². The van der Waals surface area contributed by atoms with Crippen LogP contribution in [0, 0.1) is 0 Å². The van der Waals surface area contributed by atoms with Crippen molar-refractivity contribution in [2.75, 3.05) is 39.5 Å². The lowest BCUT2D eigenvalue weighted by molar-refractivity contribution is -0.0528. The Hall–Kier alpha value is -0.200. The highest BCUT2D eigenvalue weighted by molar-refractivity contribution is 4.89. The first kappa shape index (κ1) is 13.8. The van der Waals surface area contributed by atoms with Crippen molar-refractivity contribution in [2.24, 2.45) is 0 Å². The van der Waals surface area contributed by atoms with Crippen LogP contribution in [0.4, 0.5) is 0 Å². The zero-order valence-corrected chi connectivity index (χ0v) is 8.69. The highest BCUT2D eigenvalue weighted by Gasteiger charge is 2.34. The third-order valence-electron chi connectivity index (χ3n) is 2.42. The second-order valence-corrected chi connectivity index (χ2v) is 3.41. The van der Waals surface area contributed by atoms with Crippen molar-refractivity contribution in [2.45, 2.75) is 18.9 Å². The van der Waals surface area contributed by atoms with Gasteiger partial charge in [0.05, 0.1) is 32.0 Å². The average Bonchev–Trinajstić information content (AvgIpc) is 2.22. The summed E-state index contributed by atoms with van der Waals surface area (Å²) in [5.41, 5.74) is -1.02. The minimum Gasteiger partial charge on any atom is -0.395 e. The Bertz CT molecular complexity index is 125. The monoisotopic (exact) mass is 207 g/mol. The van der Waals surface area contributed by atoms with E-state index in [2.05, 4.69) is 0 Å². The first-order valence-corrected chi connectivity index (χ1v) is 4.89. The molecule has 0 aliphatic heterocycles. The van der Waals surface area contributed by atoms with Gasteiger partial charge in [-0.1, -0.05) is 6.92 Å². The molecule has 0 spiro atoms. The summed E-state index contributed by atoms with van der Waals surface area (Å²) >= 11 is 0. The summed E-state index contributed by atoms with van der Waals surface area (Å²) in [4.78, 5) is 1.72. The Morgan fingerprint density at radius 3 is 1.71 bits per heavy atom. The molecule has 0 heterocycles. The molecule has 0 unspecified atom stereocenters. The molecule has 0 amide bonds. The number of nitrogens with zero attached hydrogens (tertiary/aromatic N) is 1. The molecule has 0 rings (SSSR count). The van der Waals surface area contributed by atoms with Crippen molar-refractivity contribution in [3.05, 3.63) is 0 Å². The van der Waals surface area contributed by atoms with E-state index in [-0.39, 0.29) is 26.4 Å². The Kier molecular flexibility index (Phi) is 7.04. The maximum absolute atomic E-state index is 9.16. The second kappa shape index (κ2) is 7.14. The molecule has 0 radical (unpaired) electrons. The van der Waals surface area contributed by atoms with Crippen LogP contribution in [0.15, 0.2) is 0 Å². The standard InChI is InChI=1S/C9H21NO4/c1-2-3-10(4-5-11)9(6-12,7-13)8-14/h11-14H,2-8H2,1H3. The lowest BCUT2D eigenvalue weighted by Gasteiger charge is -2.39. The molecule has 0 saturated carbocycles. The molecule has 14 heavy (non-hydrogen) atoms. The largest absolute Gasteiger partial charge is 0.395 e. The van der Waals surface area contributed by atoms with Crippen LogP contribution in [0.25, 0.3) is 0 Å². The minimum absolute atomic E-state index is 0.0538. The molecular formula is C9H21NO4. The van der Waals surface area contributed by atoms with Crippen LogP contribution in [0.2, 0.25) is 0 Å². The van der Waals surface area contributed by atoms with E-state index >= 15 is 0 Å². The van der Waals surface area contributed by atoms with Crippen LogP contribution in [0.5, 0.6) is 0 Å². The van der Waals surface area contributed by atoms with Crippen molar-refractivity contribution >= 4 is 0 Å². The van der Waals surface area contributed by atoms with Gasteiger partial charge in [0.1, 0.15) is 0 Å². The highest BCUT2D eigenvalue weighted by Crippen LogP contribution is 2.14. The molecule has 0 aromatic carbocycles. The summed E-state index contributed by atoms with van der Waals surface area (Å²) in [7, 11) is 0. The van der Waals surface area contributed by atoms with Gasteiger partial charge < -0.3 is 20.4 Å². The Labute approximate surface area is 84.6 Å². The van der Waals surface area contributed by atoms with Gasteiger partial charge in [-0.25, -0.2) is 0 Å².